The fraction of sp³-hybridized carbons (Fsp3) is 0.677. The molecule has 13 heteroatoms. The Morgan fingerprint density at radius 1 is 1.02 bits per heavy atom. The monoisotopic (exact) mass is 621 g/mol. The van der Waals surface area contributed by atoms with Gasteiger partial charge in [0, 0.05) is 51.4 Å². The van der Waals surface area contributed by atoms with Crippen molar-refractivity contribution in [2.75, 3.05) is 32.8 Å². The lowest BCUT2D eigenvalue weighted by atomic mass is 9.83. The maximum atomic E-state index is 14.8. The van der Waals surface area contributed by atoms with Crippen molar-refractivity contribution >= 4 is 23.6 Å². The van der Waals surface area contributed by atoms with Gasteiger partial charge in [0.05, 0.1) is 18.1 Å². The normalized spacial score (nSPS) is 28.2. The van der Waals surface area contributed by atoms with Gasteiger partial charge in [-0.3, -0.25) is 19.2 Å². The van der Waals surface area contributed by atoms with Crippen molar-refractivity contribution in [2.45, 2.75) is 100.0 Å². The van der Waals surface area contributed by atoms with Crippen LogP contribution < -0.4 is 20.7 Å². The minimum Gasteiger partial charge on any atom is -0.484 e. The Balaban J connectivity index is 1.26. The molecule has 0 radical (unpaired) electrons. The lowest BCUT2D eigenvalue weighted by Gasteiger charge is -2.43. The van der Waals surface area contributed by atoms with Crippen molar-refractivity contribution in [1.82, 2.24) is 25.8 Å². The molecular formula is C31H42F3N5O5. The van der Waals surface area contributed by atoms with Crippen LogP contribution in [0.4, 0.5) is 13.2 Å². The predicted molar refractivity (Wildman–Crippen MR) is 155 cm³/mol. The summed E-state index contributed by atoms with van der Waals surface area (Å²) in [5.41, 5.74) is -0.972. The average molecular weight is 622 g/mol. The molecule has 10 nitrogen and oxygen atoms in total. The van der Waals surface area contributed by atoms with Crippen LogP contribution in [-0.4, -0.2) is 102 Å². The summed E-state index contributed by atoms with van der Waals surface area (Å²) in [5.74, 6) is -3.58. The number of piperidine rings is 1. The van der Waals surface area contributed by atoms with Gasteiger partial charge in [0.1, 0.15) is 18.0 Å². The number of nitrogens with one attached hydrogen (secondary N) is 3. The van der Waals surface area contributed by atoms with E-state index in [0.717, 1.165) is 0 Å². The third kappa shape index (κ3) is 8.02. The van der Waals surface area contributed by atoms with E-state index in [1.165, 1.54) is 4.90 Å². The minimum atomic E-state index is -2.72. The summed E-state index contributed by atoms with van der Waals surface area (Å²) >= 11 is 0. The predicted octanol–water partition coefficient (Wildman–Crippen LogP) is 2.32. The number of para-hydroxylation sites is 1. The van der Waals surface area contributed by atoms with Gasteiger partial charge < -0.3 is 30.5 Å². The highest BCUT2D eigenvalue weighted by molar-refractivity contribution is 5.91. The van der Waals surface area contributed by atoms with Gasteiger partial charge in [0.25, 0.3) is 5.91 Å². The van der Waals surface area contributed by atoms with Crippen LogP contribution in [0.5, 0.6) is 5.75 Å². The standard InChI is InChI=1S/C31H42F3N5O5/c32-21-17-25-28(42)37-30(12-15-38(16-13-30)27(41)20-44-23-5-2-1-3-6-23)18-26(40)35-14-4-7-24(29(43)39(25)19-21)36-22-8-10-31(33,34)11-9-22/h1-3,5-6,21-22,24-25,36H,4,7-20H2,(H,35,40)(H,37,42)/t21-,24-,25-/m0/s1. The Bertz CT molecular complexity index is 1190. The van der Waals surface area contributed by atoms with Crippen molar-refractivity contribution in [3.05, 3.63) is 30.3 Å². The van der Waals surface area contributed by atoms with Crippen molar-refractivity contribution in [3.8, 4) is 5.75 Å². The lowest BCUT2D eigenvalue weighted by molar-refractivity contribution is -0.142. The average Bonchev–Trinajstić information content (AvgIpc) is 3.40. The summed E-state index contributed by atoms with van der Waals surface area (Å²) in [7, 11) is 0. The Morgan fingerprint density at radius 3 is 2.43 bits per heavy atom. The van der Waals surface area contributed by atoms with Crippen LogP contribution in [0.15, 0.2) is 30.3 Å². The number of hydrogen-bond donors (Lipinski definition) is 3. The van der Waals surface area contributed by atoms with Gasteiger partial charge in [-0.05, 0) is 50.7 Å². The molecule has 5 rings (SSSR count). The van der Waals surface area contributed by atoms with Crippen LogP contribution in [-0.2, 0) is 19.2 Å². The van der Waals surface area contributed by atoms with E-state index in [-0.39, 0.29) is 89.2 Å². The molecule has 3 saturated heterocycles. The van der Waals surface area contributed by atoms with Crippen molar-refractivity contribution < 1.29 is 37.1 Å². The van der Waals surface area contributed by atoms with Gasteiger partial charge in [0.15, 0.2) is 6.61 Å². The summed E-state index contributed by atoms with van der Waals surface area (Å²) < 4.78 is 47.8. The summed E-state index contributed by atoms with van der Waals surface area (Å²) in [5, 5.41) is 9.11. The fourth-order valence-electron chi connectivity index (χ4n) is 6.78. The molecule has 242 valence electrons. The van der Waals surface area contributed by atoms with E-state index in [0.29, 0.717) is 31.4 Å². The van der Waals surface area contributed by atoms with Crippen LogP contribution >= 0.6 is 0 Å². The van der Waals surface area contributed by atoms with Crippen molar-refractivity contribution in [1.29, 1.82) is 0 Å². The van der Waals surface area contributed by atoms with Crippen LogP contribution in [0.25, 0.3) is 0 Å². The molecule has 1 aliphatic carbocycles. The molecule has 1 spiro atoms. The van der Waals surface area contributed by atoms with E-state index in [4.69, 9.17) is 4.74 Å². The van der Waals surface area contributed by atoms with Gasteiger partial charge in [-0.2, -0.15) is 0 Å². The van der Waals surface area contributed by atoms with Crippen molar-refractivity contribution in [2.24, 2.45) is 0 Å². The molecule has 44 heavy (non-hydrogen) atoms. The smallest absolute Gasteiger partial charge is 0.260 e. The van der Waals surface area contributed by atoms with Gasteiger partial charge in [-0.1, -0.05) is 18.2 Å². The topological polar surface area (TPSA) is 120 Å². The fourth-order valence-corrected chi connectivity index (χ4v) is 6.78. The molecule has 4 amide bonds. The van der Waals surface area contributed by atoms with E-state index >= 15 is 0 Å². The second kappa shape index (κ2) is 13.7. The number of rotatable bonds is 5. The number of carbonyl (C=O) groups is 4. The Morgan fingerprint density at radius 2 is 1.73 bits per heavy atom. The van der Waals surface area contributed by atoms with Crippen LogP contribution in [0.1, 0.15) is 64.2 Å². The molecular weight excluding hydrogens is 579 g/mol. The first kappa shape index (κ1) is 32.1. The highest BCUT2D eigenvalue weighted by Crippen LogP contribution is 2.34. The quantitative estimate of drug-likeness (QED) is 0.465. The number of fused-ring (bicyclic) bond motifs is 1. The number of hydrogen-bond acceptors (Lipinski definition) is 6. The number of ether oxygens (including phenoxy) is 1. The third-order valence-corrected chi connectivity index (χ3v) is 9.35. The van der Waals surface area contributed by atoms with E-state index in [9.17, 15) is 32.3 Å². The van der Waals surface area contributed by atoms with E-state index in [2.05, 4.69) is 16.0 Å². The Kier molecular flexibility index (Phi) is 10.0. The van der Waals surface area contributed by atoms with Gasteiger partial charge >= 0.3 is 0 Å². The Labute approximate surface area is 255 Å². The third-order valence-electron chi connectivity index (χ3n) is 9.35. The number of halogens is 3. The molecule has 0 aromatic heterocycles. The van der Waals surface area contributed by atoms with Crippen molar-refractivity contribution in [3.63, 3.8) is 0 Å². The first-order valence-corrected chi connectivity index (χ1v) is 15.7. The number of benzene rings is 1. The molecule has 1 aromatic carbocycles. The SMILES string of the molecule is O=C1CC2(CCN(C(=O)COc3ccccc3)CC2)NC(=O)[C@@H]2C[C@H](F)CN2C(=O)[C@@H](NC2CCC(F)(F)CC2)CCCN1. The second-order valence-electron chi connectivity index (χ2n) is 12.6. The van der Waals surface area contributed by atoms with Gasteiger partial charge in [0.2, 0.25) is 23.6 Å². The number of nitrogens with zero attached hydrogens (tertiary/aromatic N) is 2. The molecule has 3 N–H and O–H groups in total. The molecule has 4 aliphatic rings. The highest BCUT2D eigenvalue weighted by Gasteiger charge is 2.46. The minimum absolute atomic E-state index is 0.0149. The maximum Gasteiger partial charge on any atom is 0.260 e. The molecule has 1 aromatic rings. The summed E-state index contributed by atoms with van der Waals surface area (Å²) in [6.45, 7) is 0.491. The van der Waals surface area contributed by atoms with Gasteiger partial charge in [-0.15, -0.1) is 0 Å². The molecule has 0 unspecified atom stereocenters. The summed E-state index contributed by atoms with van der Waals surface area (Å²) in [4.78, 5) is 56.3. The van der Waals surface area contributed by atoms with E-state index < -0.39 is 41.5 Å². The van der Waals surface area contributed by atoms with Gasteiger partial charge in [-0.25, -0.2) is 13.2 Å². The van der Waals surface area contributed by atoms with Crippen LogP contribution in [0.3, 0.4) is 0 Å². The first-order chi connectivity index (χ1) is 21.0. The number of alkyl halides is 3. The maximum absolute atomic E-state index is 14.8. The zero-order valence-corrected chi connectivity index (χ0v) is 24.9. The van der Waals surface area contributed by atoms with E-state index in [1.54, 1.807) is 17.0 Å². The summed E-state index contributed by atoms with van der Waals surface area (Å²) in [6.07, 6.45) is -0.328. The number of likely N-dealkylation sites (tertiary alicyclic amines) is 1. The molecule has 3 heterocycles. The van der Waals surface area contributed by atoms with Crippen LogP contribution in [0, 0.1) is 0 Å². The molecule has 4 fully saturated rings. The largest absolute Gasteiger partial charge is 0.484 e. The van der Waals surface area contributed by atoms with E-state index in [1.807, 2.05) is 18.2 Å². The number of amides is 4. The van der Waals surface area contributed by atoms with Crippen LogP contribution in [0.2, 0.25) is 0 Å². The molecule has 3 aliphatic heterocycles. The summed E-state index contributed by atoms with van der Waals surface area (Å²) in [6, 6.07) is 6.85. The molecule has 1 saturated carbocycles. The molecule has 3 atom stereocenters. The first-order valence-electron chi connectivity index (χ1n) is 15.7. The molecule has 0 bridgehead atoms. The lowest BCUT2D eigenvalue weighted by Crippen LogP contribution is -2.61. The highest BCUT2D eigenvalue weighted by atomic mass is 19.3. The Hall–Kier alpha value is -3.35. The zero-order valence-electron chi connectivity index (χ0n) is 24.9. The zero-order chi connectivity index (χ0) is 31.3. The second-order valence-corrected chi connectivity index (χ2v) is 12.6. The number of carbonyl (C=O) groups excluding carboxylic acids is 4.